The third-order valence-corrected chi connectivity index (χ3v) is 4.23. The van der Waals surface area contributed by atoms with E-state index in [0.29, 0.717) is 23.8 Å². The van der Waals surface area contributed by atoms with Gasteiger partial charge in [-0.1, -0.05) is 0 Å². The van der Waals surface area contributed by atoms with Crippen LogP contribution in [0.4, 0.5) is 14.7 Å². The topological polar surface area (TPSA) is 100 Å². The Bertz CT molecular complexity index is 1150. The highest BCUT2D eigenvalue weighted by Crippen LogP contribution is 2.28. The van der Waals surface area contributed by atoms with Gasteiger partial charge >= 0.3 is 0 Å². The number of halogens is 2. The second kappa shape index (κ2) is 7.22. The highest BCUT2D eigenvalue weighted by atomic mass is 19.3. The maximum atomic E-state index is 12.4. The Balaban J connectivity index is 1.72. The lowest BCUT2D eigenvalue weighted by atomic mass is 10.1. The van der Waals surface area contributed by atoms with Gasteiger partial charge in [0.15, 0.2) is 0 Å². The highest BCUT2D eigenvalue weighted by molar-refractivity contribution is 5.95. The molecule has 0 atom stereocenters. The van der Waals surface area contributed by atoms with E-state index in [1.807, 2.05) is 19.2 Å². The fraction of sp³-hybridized carbons (Fsp3) is 0.222. The van der Waals surface area contributed by atoms with Gasteiger partial charge in [0.1, 0.15) is 17.0 Å². The number of nitrogens with zero attached hydrogens (tertiary/aromatic N) is 4. The number of carbonyl (C=O) groups excluding carboxylic acids is 1. The predicted molar refractivity (Wildman–Crippen MR) is 101 cm³/mol. The highest BCUT2D eigenvalue weighted by Gasteiger charge is 2.15. The molecule has 0 aliphatic carbocycles. The number of aromatic nitrogens is 5. The Kier molecular flexibility index (Phi) is 4.60. The van der Waals surface area contributed by atoms with Crippen LogP contribution in [0, 0.1) is 0 Å². The minimum atomic E-state index is -2.61. The maximum Gasteiger partial charge on any atom is 0.270 e. The summed E-state index contributed by atoms with van der Waals surface area (Å²) in [6, 6.07) is 3.62. The van der Waals surface area contributed by atoms with Crippen molar-refractivity contribution in [2.24, 2.45) is 0 Å². The van der Waals surface area contributed by atoms with Crippen LogP contribution >= 0.6 is 0 Å². The van der Waals surface area contributed by atoms with Gasteiger partial charge in [0.25, 0.3) is 12.3 Å². The second-order valence-electron chi connectivity index (χ2n) is 6.08. The van der Waals surface area contributed by atoms with E-state index in [1.54, 1.807) is 22.9 Å². The third-order valence-electron chi connectivity index (χ3n) is 4.23. The number of rotatable bonds is 6. The van der Waals surface area contributed by atoms with Crippen molar-refractivity contribution >= 4 is 28.5 Å². The van der Waals surface area contributed by atoms with Crippen molar-refractivity contribution in [2.45, 2.75) is 13.3 Å². The molecule has 0 bridgehead atoms. The Morgan fingerprint density at radius 3 is 2.93 bits per heavy atom. The SMILES string of the molecule is CCNc1ncc2c(-c3ccc4ncc(C(=O)NCC(F)F)n4c3)c[nH]c2n1. The first kappa shape index (κ1) is 17.8. The number of carbonyl (C=O) groups is 1. The molecule has 0 fully saturated rings. The molecule has 0 radical (unpaired) electrons. The Morgan fingerprint density at radius 1 is 1.29 bits per heavy atom. The number of aromatic amines is 1. The number of H-pyrrole nitrogens is 1. The molecule has 0 aliphatic heterocycles. The van der Waals surface area contributed by atoms with Gasteiger partial charge in [0, 0.05) is 41.6 Å². The number of hydrogen-bond acceptors (Lipinski definition) is 5. The zero-order valence-corrected chi connectivity index (χ0v) is 14.9. The average molecular weight is 385 g/mol. The molecule has 4 aromatic rings. The van der Waals surface area contributed by atoms with E-state index < -0.39 is 18.9 Å². The number of pyridine rings is 1. The molecular weight excluding hydrogens is 368 g/mol. The minimum absolute atomic E-state index is 0.183. The Hall–Kier alpha value is -3.56. The largest absolute Gasteiger partial charge is 0.354 e. The van der Waals surface area contributed by atoms with E-state index >= 15 is 0 Å². The van der Waals surface area contributed by atoms with Crippen molar-refractivity contribution < 1.29 is 13.6 Å². The average Bonchev–Trinajstić information content (AvgIpc) is 3.29. The van der Waals surface area contributed by atoms with E-state index in [9.17, 15) is 13.6 Å². The lowest BCUT2D eigenvalue weighted by Gasteiger charge is -2.06. The summed E-state index contributed by atoms with van der Waals surface area (Å²) >= 11 is 0. The van der Waals surface area contributed by atoms with Crippen molar-refractivity contribution in [1.82, 2.24) is 29.7 Å². The van der Waals surface area contributed by atoms with Crippen LogP contribution in [0.1, 0.15) is 17.4 Å². The van der Waals surface area contributed by atoms with Crippen molar-refractivity contribution in [3.05, 3.63) is 42.6 Å². The number of alkyl halides is 2. The van der Waals surface area contributed by atoms with Crippen molar-refractivity contribution in [3.8, 4) is 11.1 Å². The van der Waals surface area contributed by atoms with E-state index in [0.717, 1.165) is 16.5 Å². The quantitative estimate of drug-likeness (QED) is 0.474. The zero-order valence-electron chi connectivity index (χ0n) is 14.9. The molecule has 0 aliphatic rings. The molecule has 28 heavy (non-hydrogen) atoms. The summed E-state index contributed by atoms with van der Waals surface area (Å²) in [4.78, 5) is 28.2. The van der Waals surface area contributed by atoms with Gasteiger partial charge in [-0.25, -0.2) is 18.7 Å². The molecule has 10 heteroatoms. The van der Waals surface area contributed by atoms with Crippen LogP contribution in [0.25, 0.3) is 27.8 Å². The van der Waals surface area contributed by atoms with E-state index in [1.165, 1.54) is 6.20 Å². The summed E-state index contributed by atoms with van der Waals surface area (Å²) in [5, 5.41) is 6.08. The summed E-state index contributed by atoms with van der Waals surface area (Å²) in [7, 11) is 0. The predicted octanol–water partition coefficient (Wildman–Crippen LogP) is 2.70. The van der Waals surface area contributed by atoms with Crippen molar-refractivity contribution in [2.75, 3.05) is 18.4 Å². The molecule has 4 heterocycles. The summed E-state index contributed by atoms with van der Waals surface area (Å²) in [6.45, 7) is 1.97. The first-order chi connectivity index (χ1) is 13.6. The molecule has 144 valence electrons. The van der Waals surface area contributed by atoms with Crippen LogP contribution in [-0.4, -0.2) is 49.8 Å². The van der Waals surface area contributed by atoms with Crippen LogP contribution in [0.3, 0.4) is 0 Å². The Labute approximate surface area is 158 Å². The van der Waals surface area contributed by atoms with Gasteiger partial charge in [0.2, 0.25) is 5.95 Å². The van der Waals surface area contributed by atoms with Crippen LogP contribution in [-0.2, 0) is 0 Å². The molecule has 1 amide bonds. The molecule has 0 unspecified atom stereocenters. The number of imidazole rings is 1. The van der Waals surface area contributed by atoms with Crippen molar-refractivity contribution in [1.29, 1.82) is 0 Å². The monoisotopic (exact) mass is 385 g/mol. The molecule has 0 spiro atoms. The van der Waals surface area contributed by atoms with E-state index in [2.05, 4.69) is 30.6 Å². The first-order valence-corrected chi connectivity index (χ1v) is 8.68. The molecule has 4 aromatic heterocycles. The lowest BCUT2D eigenvalue weighted by molar-refractivity contribution is 0.0886. The fourth-order valence-electron chi connectivity index (χ4n) is 2.96. The van der Waals surface area contributed by atoms with Crippen LogP contribution in [0.15, 0.2) is 36.9 Å². The van der Waals surface area contributed by atoms with Crippen LogP contribution in [0.5, 0.6) is 0 Å². The van der Waals surface area contributed by atoms with Gasteiger partial charge in [-0.3, -0.25) is 9.20 Å². The number of anilines is 1. The maximum absolute atomic E-state index is 12.4. The molecule has 3 N–H and O–H groups in total. The number of fused-ring (bicyclic) bond motifs is 2. The van der Waals surface area contributed by atoms with Gasteiger partial charge < -0.3 is 15.6 Å². The minimum Gasteiger partial charge on any atom is -0.354 e. The van der Waals surface area contributed by atoms with Gasteiger partial charge in [-0.15, -0.1) is 0 Å². The summed E-state index contributed by atoms with van der Waals surface area (Å²) in [5.74, 6) is -0.0751. The number of hydrogen-bond donors (Lipinski definition) is 3. The second-order valence-corrected chi connectivity index (χ2v) is 6.08. The van der Waals surface area contributed by atoms with Gasteiger partial charge in [-0.2, -0.15) is 4.98 Å². The smallest absolute Gasteiger partial charge is 0.270 e. The molecule has 8 nitrogen and oxygen atoms in total. The fourth-order valence-corrected chi connectivity index (χ4v) is 2.96. The first-order valence-electron chi connectivity index (χ1n) is 8.68. The van der Waals surface area contributed by atoms with Gasteiger partial charge in [0.05, 0.1) is 12.7 Å². The third kappa shape index (κ3) is 3.24. The van der Waals surface area contributed by atoms with Gasteiger partial charge in [-0.05, 0) is 19.1 Å². The zero-order chi connectivity index (χ0) is 19.7. The standard InChI is InChI=1S/C18H17F2N7O/c1-2-21-18-25-6-12-11(5-23-16(12)26-18)10-3-4-15-22-7-13(27(15)9-10)17(28)24-8-14(19)20/h3-7,9,14H,2,8H2,1H3,(H,24,28)(H2,21,23,25,26). The lowest BCUT2D eigenvalue weighted by Crippen LogP contribution is -2.29. The molecule has 0 saturated carbocycles. The van der Waals surface area contributed by atoms with E-state index in [4.69, 9.17) is 0 Å². The molecule has 0 aromatic carbocycles. The van der Waals surface area contributed by atoms with E-state index in [-0.39, 0.29) is 5.69 Å². The van der Waals surface area contributed by atoms with Crippen molar-refractivity contribution in [3.63, 3.8) is 0 Å². The summed E-state index contributed by atoms with van der Waals surface area (Å²) in [6.07, 6.45) is 4.02. The molecule has 0 saturated heterocycles. The normalized spacial score (nSPS) is 11.4. The number of amides is 1. The molecular formula is C18H17F2N7O. The molecule has 4 rings (SSSR count). The number of nitrogens with one attached hydrogen (secondary N) is 3. The van der Waals surface area contributed by atoms with Crippen LogP contribution < -0.4 is 10.6 Å². The summed E-state index contributed by atoms with van der Waals surface area (Å²) in [5.41, 5.74) is 3.06. The summed E-state index contributed by atoms with van der Waals surface area (Å²) < 4.78 is 26.3. The van der Waals surface area contributed by atoms with Crippen LogP contribution in [0.2, 0.25) is 0 Å². The Morgan fingerprint density at radius 2 is 2.14 bits per heavy atom.